The predicted octanol–water partition coefficient (Wildman–Crippen LogP) is 2.42. The lowest BCUT2D eigenvalue weighted by Crippen LogP contribution is -2.44. The third kappa shape index (κ3) is 2.90. The maximum atomic E-state index is 4.89. The van der Waals surface area contributed by atoms with Gasteiger partial charge in [0.2, 0.25) is 0 Å². The first-order chi connectivity index (χ1) is 10.3. The van der Waals surface area contributed by atoms with Crippen molar-refractivity contribution >= 4 is 5.82 Å². The second-order valence-corrected chi connectivity index (χ2v) is 5.39. The van der Waals surface area contributed by atoms with Crippen LogP contribution in [-0.4, -0.2) is 36.1 Å². The monoisotopic (exact) mass is 282 g/mol. The van der Waals surface area contributed by atoms with E-state index >= 15 is 0 Å². The van der Waals surface area contributed by atoms with E-state index in [1.54, 1.807) is 0 Å². The molecule has 0 atom stereocenters. The van der Waals surface area contributed by atoms with Gasteiger partial charge in [0.1, 0.15) is 5.82 Å². The Hall–Kier alpha value is -1.94. The van der Waals surface area contributed by atoms with Crippen LogP contribution < -0.4 is 10.2 Å². The first kappa shape index (κ1) is 14.0. The molecule has 4 nitrogen and oxygen atoms in total. The number of benzene rings is 1. The molecule has 1 N–H and O–H groups in total. The number of rotatable bonds is 3. The van der Waals surface area contributed by atoms with E-state index in [-0.39, 0.29) is 0 Å². The maximum absolute atomic E-state index is 4.89. The Labute approximate surface area is 126 Å². The van der Waals surface area contributed by atoms with Gasteiger partial charge in [0, 0.05) is 43.0 Å². The summed E-state index contributed by atoms with van der Waals surface area (Å²) < 4.78 is 0. The summed E-state index contributed by atoms with van der Waals surface area (Å²) in [7, 11) is 0. The second-order valence-electron chi connectivity index (χ2n) is 5.39. The van der Waals surface area contributed by atoms with Crippen molar-refractivity contribution < 1.29 is 0 Å². The van der Waals surface area contributed by atoms with Crippen LogP contribution in [0.2, 0.25) is 0 Å². The van der Waals surface area contributed by atoms with Gasteiger partial charge in [-0.15, -0.1) is 0 Å². The molecule has 110 valence electrons. The lowest BCUT2D eigenvalue weighted by atomic mass is 10.1. The average Bonchev–Trinajstić information content (AvgIpc) is 2.55. The Bertz CT molecular complexity index is 604. The van der Waals surface area contributed by atoms with E-state index < -0.39 is 0 Å². The zero-order valence-corrected chi connectivity index (χ0v) is 12.8. The fraction of sp³-hybridized carbons (Fsp3) is 0.412. The van der Waals surface area contributed by atoms with Gasteiger partial charge in [0.05, 0.1) is 0 Å². The molecule has 4 heteroatoms. The highest BCUT2D eigenvalue weighted by atomic mass is 15.2. The van der Waals surface area contributed by atoms with Gasteiger partial charge in [-0.2, -0.15) is 0 Å². The summed E-state index contributed by atoms with van der Waals surface area (Å²) in [5.74, 6) is 1.95. The van der Waals surface area contributed by atoms with Gasteiger partial charge < -0.3 is 10.2 Å². The summed E-state index contributed by atoms with van der Waals surface area (Å²) >= 11 is 0. The van der Waals surface area contributed by atoms with Crippen molar-refractivity contribution in [1.82, 2.24) is 15.3 Å². The van der Waals surface area contributed by atoms with Crippen LogP contribution in [0.1, 0.15) is 18.2 Å². The lowest BCUT2D eigenvalue weighted by molar-refractivity contribution is 0.582. The number of aryl methyl sites for hydroxylation is 1. The minimum Gasteiger partial charge on any atom is -0.354 e. The van der Waals surface area contributed by atoms with Gasteiger partial charge in [-0.1, -0.05) is 37.3 Å². The standard InChI is InChI=1S/C17H22N4/c1-3-15-13(2)19-16(14-7-5-4-6-8-14)20-17(15)21-11-9-18-10-12-21/h4-8,18H,3,9-12H2,1-2H3. The van der Waals surface area contributed by atoms with Crippen molar-refractivity contribution in [3.8, 4) is 11.4 Å². The van der Waals surface area contributed by atoms with Crippen LogP contribution in [0.15, 0.2) is 30.3 Å². The highest BCUT2D eigenvalue weighted by Crippen LogP contribution is 2.25. The van der Waals surface area contributed by atoms with E-state index in [0.717, 1.165) is 55.5 Å². The number of hydrogen-bond donors (Lipinski definition) is 1. The number of piperazine rings is 1. The fourth-order valence-electron chi connectivity index (χ4n) is 2.85. The fourth-order valence-corrected chi connectivity index (χ4v) is 2.85. The molecule has 0 aliphatic carbocycles. The Morgan fingerprint density at radius 2 is 1.81 bits per heavy atom. The number of nitrogens with zero attached hydrogens (tertiary/aromatic N) is 3. The topological polar surface area (TPSA) is 41.1 Å². The molecule has 0 radical (unpaired) electrons. The van der Waals surface area contributed by atoms with Gasteiger partial charge in [-0.25, -0.2) is 9.97 Å². The molecule has 0 unspecified atom stereocenters. The van der Waals surface area contributed by atoms with Gasteiger partial charge in [-0.3, -0.25) is 0 Å². The zero-order chi connectivity index (χ0) is 14.7. The van der Waals surface area contributed by atoms with Crippen LogP contribution in [0.5, 0.6) is 0 Å². The molecule has 0 spiro atoms. The van der Waals surface area contributed by atoms with E-state index in [9.17, 15) is 0 Å². The number of hydrogen-bond acceptors (Lipinski definition) is 4. The van der Waals surface area contributed by atoms with Crippen molar-refractivity contribution in [3.05, 3.63) is 41.6 Å². The van der Waals surface area contributed by atoms with Crippen LogP contribution in [-0.2, 0) is 6.42 Å². The molecule has 0 bridgehead atoms. The number of anilines is 1. The van der Waals surface area contributed by atoms with Gasteiger partial charge in [-0.05, 0) is 13.3 Å². The SMILES string of the molecule is CCc1c(C)nc(-c2ccccc2)nc1N1CCNCC1. The van der Waals surface area contributed by atoms with E-state index in [1.165, 1.54) is 5.56 Å². The van der Waals surface area contributed by atoms with E-state index in [1.807, 2.05) is 18.2 Å². The summed E-state index contributed by atoms with van der Waals surface area (Å²) in [6, 6.07) is 10.2. The third-order valence-corrected chi connectivity index (χ3v) is 3.99. The molecule has 1 saturated heterocycles. The molecule has 0 amide bonds. The Kier molecular flexibility index (Phi) is 4.15. The predicted molar refractivity (Wildman–Crippen MR) is 86.7 cm³/mol. The summed E-state index contributed by atoms with van der Waals surface area (Å²) in [4.78, 5) is 12.0. The number of nitrogens with one attached hydrogen (secondary N) is 1. The molecule has 2 heterocycles. The molecule has 2 aromatic rings. The summed E-state index contributed by atoms with van der Waals surface area (Å²) in [5.41, 5.74) is 3.45. The molecule has 21 heavy (non-hydrogen) atoms. The Morgan fingerprint density at radius 1 is 1.10 bits per heavy atom. The van der Waals surface area contributed by atoms with Crippen molar-refractivity contribution in [2.24, 2.45) is 0 Å². The van der Waals surface area contributed by atoms with E-state index in [0.29, 0.717) is 0 Å². The average molecular weight is 282 g/mol. The largest absolute Gasteiger partial charge is 0.354 e. The molecule has 1 aliphatic rings. The minimum atomic E-state index is 0.832. The van der Waals surface area contributed by atoms with Crippen molar-refractivity contribution in [2.45, 2.75) is 20.3 Å². The molecule has 3 rings (SSSR count). The van der Waals surface area contributed by atoms with Crippen molar-refractivity contribution in [2.75, 3.05) is 31.1 Å². The second kappa shape index (κ2) is 6.22. The molecule has 1 fully saturated rings. The Morgan fingerprint density at radius 3 is 2.48 bits per heavy atom. The van der Waals surface area contributed by atoms with Crippen LogP contribution >= 0.6 is 0 Å². The van der Waals surface area contributed by atoms with Crippen LogP contribution in [0.3, 0.4) is 0 Å². The highest BCUT2D eigenvalue weighted by Gasteiger charge is 2.18. The van der Waals surface area contributed by atoms with Gasteiger partial charge in [0.25, 0.3) is 0 Å². The molecular weight excluding hydrogens is 260 g/mol. The van der Waals surface area contributed by atoms with Crippen LogP contribution in [0, 0.1) is 6.92 Å². The Balaban J connectivity index is 2.06. The van der Waals surface area contributed by atoms with Crippen molar-refractivity contribution in [1.29, 1.82) is 0 Å². The first-order valence-electron chi connectivity index (χ1n) is 7.68. The molecule has 1 aromatic carbocycles. The third-order valence-electron chi connectivity index (χ3n) is 3.99. The normalized spacial score (nSPS) is 15.2. The van der Waals surface area contributed by atoms with Gasteiger partial charge in [0.15, 0.2) is 5.82 Å². The lowest BCUT2D eigenvalue weighted by Gasteiger charge is -2.30. The zero-order valence-electron chi connectivity index (χ0n) is 12.8. The molecule has 0 saturated carbocycles. The first-order valence-corrected chi connectivity index (χ1v) is 7.68. The minimum absolute atomic E-state index is 0.832. The molecular formula is C17H22N4. The van der Waals surface area contributed by atoms with E-state index in [2.05, 4.69) is 36.2 Å². The highest BCUT2D eigenvalue weighted by molar-refractivity contribution is 5.60. The van der Waals surface area contributed by atoms with Gasteiger partial charge >= 0.3 is 0 Å². The molecule has 1 aliphatic heterocycles. The van der Waals surface area contributed by atoms with Crippen LogP contribution in [0.25, 0.3) is 11.4 Å². The summed E-state index contributed by atoms with van der Waals surface area (Å²) in [6.45, 7) is 8.34. The number of aromatic nitrogens is 2. The smallest absolute Gasteiger partial charge is 0.161 e. The van der Waals surface area contributed by atoms with E-state index in [4.69, 9.17) is 9.97 Å². The molecule has 1 aromatic heterocycles. The quantitative estimate of drug-likeness (QED) is 0.938. The van der Waals surface area contributed by atoms with Crippen LogP contribution in [0.4, 0.5) is 5.82 Å². The summed E-state index contributed by atoms with van der Waals surface area (Å²) in [5, 5.41) is 3.40. The van der Waals surface area contributed by atoms with Crippen molar-refractivity contribution in [3.63, 3.8) is 0 Å². The summed E-state index contributed by atoms with van der Waals surface area (Å²) in [6.07, 6.45) is 0.972. The maximum Gasteiger partial charge on any atom is 0.161 e.